The van der Waals surface area contributed by atoms with Crippen LogP contribution in [0.2, 0.25) is 0 Å². The molecule has 0 fully saturated rings. The van der Waals surface area contributed by atoms with Crippen LogP contribution in [0.15, 0.2) is 12.1 Å². The summed E-state index contributed by atoms with van der Waals surface area (Å²) < 4.78 is 4.95. The monoisotopic (exact) mass is 224 g/mol. The molecule has 0 aliphatic heterocycles. The molecule has 0 saturated carbocycles. The van der Waals surface area contributed by atoms with Gasteiger partial charge in [-0.05, 0) is 12.1 Å². The fourth-order valence-electron chi connectivity index (χ4n) is 1.24. The first kappa shape index (κ1) is 12.3. The molecule has 0 bridgehead atoms. The zero-order valence-electron chi connectivity index (χ0n) is 9.43. The summed E-state index contributed by atoms with van der Waals surface area (Å²) in [6, 6.07) is 3.12. The number of nitrogens with two attached hydrogens (primary N) is 2. The molecule has 88 valence electrons. The number of primary amides is 1. The molecule has 1 amide bonds. The molecular weight excluding hydrogens is 208 g/mol. The van der Waals surface area contributed by atoms with Crippen LogP contribution in [0, 0.1) is 0 Å². The van der Waals surface area contributed by atoms with Crippen molar-refractivity contribution in [2.75, 3.05) is 37.9 Å². The van der Waals surface area contributed by atoms with Gasteiger partial charge in [-0.25, -0.2) is 4.98 Å². The van der Waals surface area contributed by atoms with E-state index in [1.165, 1.54) is 6.07 Å². The first-order valence-corrected chi connectivity index (χ1v) is 4.82. The number of carbonyl (C=O) groups excluding carboxylic acids is 1. The Morgan fingerprint density at radius 3 is 2.81 bits per heavy atom. The molecule has 16 heavy (non-hydrogen) atoms. The Morgan fingerprint density at radius 1 is 1.56 bits per heavy atom. The number of methoxy groups -OCH3 is 1. The van der Waals surface area contributed by atoms with E-state index in [2.05, 4.69) is 4.98 Å². The molecular formula is C10H16N4O2. The second-order valence-corrected chi connectivity index (χ2v) is 3.39. The first-order valence-electron chi connectivity index (χ1n) is 4.82. The van der Waals surface area contributed by atoms with Gasteiger partial charge in [-0.3, -0.25) is 4.79 Å². The van der Waals surface area contributed by atoms with Crippen LogP contribution in [-0.2, 0) is 4.74 Å². The van der Waals surface area contributed by atoms with Gasteiger partial charge in [0, 0.05) is 20.7 Å². The Balaban J connectivity index is 2.92. The van der Waals surface area contributed by atoms with Gasteiger partial charge in [-0.2, -0.15) is 0 Å². The third-order valence-electron chi connectivity index (χ3n) is 2.15. The molecule has 0 aromatic carbocycles. The van der Waals surface area contributed by atoms with Crippen molar-refractivity contribution in [2.24, 2.45) is 5.73 Å². The summed E-state index contributed by atoms with van der Waals surface area (Å²) in [5.74, 6) is -0.0326. The fraction of sp³-hybridized carbons (Fsp3) is 0.400. The van der Waals surface area contributed by atoms with Crippen LogP contribution < -0.4 is 16.4 Å². The summed E-state index contributed by atoms with van der Waals surface area (Å²) >= 11 is 0. The second-order valence-electron chi connectivity index (χ2n) is 3.39. The summed E-state index contributed by atoms with van der Waals surface area (Å²) in [6.07, 6.45) is 0. The lowest BCUT2D eigenvalue weighted by Gasteiger charge is -2.19. The largest absolute Gasteiger partial charge is 0.396 e. The standard InChI is InChI=1S/C10H16N4O2/c1-14(5-6-16-2)10-7(11)3-4-8(13-10)9(12)15/h3-4H,5-6,11H2,1-2H3,(H2,12,15). The van der Waals surface area contributed by atoms with E-state index >= 15 is 0 Å². The molecule has 0 aliphatic rings. The highest BCUT2D eigenvalue weighted by atomic mass is 16.5. The van der Waals surface area contributed by atoms with E-state index in [9.17, 15) is 4.79 Å². The van der Waals surface area contributed by atoms with E-state index in [4.69, 9.17) is 16.2 Å². The van der Waals surface area contributed by atoms with E-state index in [-0.39, 0.29) is 5.69 Å². The molecule has 0 spiro atoms. The molecule has 1 rings (SSSR count). The Morgan fingerprint density at radius 2 is 2.25 bits per heavy atom. The molecule has 0 unspecified atom stereocenters. The SMILES string of the molecule is COCCN(C)c1nc(C(N)=O)ccc1N. The number of amides is 1. The van der Waals surface area contributed by atoms with Crippen LogP contribution in [0.3, 0.4) is 0 Å². The number of rotatable bonds is 5. The van der Waals surface area contributed by atoms with Crippen molar-refractivity contribution in [1.82, 2.24) is 4.98 Å². The van der Waals surface area contributed by atoms with Crippen LogP contribution in [0.5, 0.6) is 0 Å². The van der Waals surface area contributed by atoms with Crippen LogP contribution in [-0.4, -0.2) is 38.2 Å². The van der Waals surface area contributed by atoms with Crippen molar-refractivity contribution >= 4 is 17.4 Å². The van der Waals surface area contributed by atoms with Gasteiger partial charge in [0.05, 0.1) is 12.3 Å². The minimum Gasteiger partial charge on any atom is -0.396 e. The molecule has 4 N–H and O–H groups in total. The van der Waals surface area contributed by atoms with Crippen molar-refractivity contribution < 1.29 is 9.53 Å². The Kier molecular flexibility index (Phi) is 4.07. The number of aromatic nitrogens is 1. The van der Waals surface area contributed by atoms with Gasteiger partial charge >= 0.3 is 0 Å². The normalized spacial score (nSPS) is 10.1. The topological polar surface area (TPSA) is 94.5 Å². The Hall–Kier alpha value is -1.82. The summed E-state index contributed by atoms with van der Waals surface area (Å²) in [4.78, 5) is 16.9. The Bertz CT molecular complexity index is 381. The van der Waals surface area contributed by atoms with Crippen LogP contribution >= 0.6 is 0 Å². The van der Waals surface area contributed by atoms with Gasteiger partial charge < -0.3 is 21.1 Å². The number of likely N-dealkylation sites (N-methyl/N-ethyl adjacent to an activating group) is 1. The van der Waals surface area contributed by atoms with Gasteiger partial charge in [0.25, 0.3) is 5.91 Å². The number of carbonyl (C=O) groups is 1. The lowest BCUT2D eigenvalue weighted by molar-refractivity contribution is 0.0995. The molecule has 1 heterocycles. The first-order chi connectivity index (χ1) is 7.56. The van der Waals surface area contributed by atoms with E-state index in [1.807, 2.05) is 11.9 Å². The maximum absolute atomic E-state index is 11.0. The fourth-order valence-corrected chi connectivity index (χ4v) is 1.24. The molecule has 1 aromatic heterocycles. The molecule has 6 heteroatoms. The average molecular weight is 224 g/mol. The minimum atomic E-state index is -0.568. The number of hydrogen-bond donors (Lipinski definition) is 2. The molecule has 6 nitrogen and oxygen atoms in total. The van der Waals surface area contributed by atoms with Crippen molar-refractivity contribution in [3.63, 3.8) is 0 Å². The van der Waals surface area contributed by atoms with E-state index in [0.29, 0.717) is 24.7 Å². The number of hydrogen-bond acceptors (Lipinski definition) is 5. The van der Waals surface area contributed by atoms with E-state index < -0.39 is 5.91 Å². The predicted octanol–water partition coefficient (Wildman–Crippen LogP) is -0.155. The third kappa shape index (κ3) is 2.83. The van der Waals surface area contributed by atoms with Crippen molar-refractivity contribution in [3.05, 3.63) is 17.8 Å². The number of nitrogens with zero attached hydrogens (tertiary/aromatic N) is 2. The average Bonchev–Trinajstić information content (AvgIpc) is 2.26. The van der Waals surface area contributed by atoms with Crippen LogP contribution in [0.1, 0.15) is 10.5 Å². The summed E-state index contributed by atoms with van der Waals surface area (Å²) in [6.45, 7) is 1.19. The zero-order valence-corrected chi connectivity index (χ0v) is 9.43. The van der Waals surface area contributed by atoms with Crippen molar-refractivity contribution in [1.29, 1.82) is 0 Å². The van der Waals surface area contributed by atoms with Gasteiger partial charge in [-0.1, -0.05) is 0 Å². The lowest BCUT2D eigenvalue weighted by atomic mass is 10.3. The molecule has 1 aromatic rings. The van der Waals surface area contributed by atoms with E-state index in [1.54, 1.807) is 13.2 Å². The van der Waals surface area contributed by atoms with Crippen molar-refractivity contribution in [2.45, 2.75) is 0 Å². The number of ether oxygens (including phenoxy) is 1. The number of nitrogen functional groups attached to an aromatic ring is 1. The van der Waals surface area contributed by atoms with Gasteiger partial charge in [-0.15, -0.1) is 0 Å². The number of anilines is 2. The lowest BCUT2D eigenvalue weighted by Crippen LogP contribution is -2.25. The molecule has 0 saturated heterocycles. The molecule has 0 atom stereocenters. The highest BCUT2D eigenvalue weighted by Crippen LogP contribution is 2.19. The molecule has 0 aliphatic carbocycles. The highest BCUT2D eigenvalue weighted by Gasteiger charge is 2.10. The van der Waals surface area contributed by atoms with Gasteiger partial charge in [0.2, 0.25) is 0 Å². The van der Waals surface area contributed by atoms with Crippen LogP contribution in [0.25, 0.3) is 0 Å². The summed E-state index contributed by atoms with van der Waals surface area (Å²) in [7, 11) is 3.44. The highest BCUT2D eigenvalue weighted by molar-refractivity contribution is 5.91. The van der Waals surface area contributed by atoms with Crippen LogP contribution in [0.4, 0.5) is 11.5 Å². The minimum absolute atomic E-state index is 0.202. The number of pyridine rings is 1. The smallest absolute Gasteiger partial charge is 0.267 e. The maximum Gasteiger partial charge on any atom is 0.267 e. The van der Waals surface area contributed by atoms with Gasteiger partial charge in [0.1, 0.15) is 5.69 Å². The maximum atomic E-state index is 11.0. The summed E-state index contributed by atoms with van der Waals surface area (Å²) in [5, 5.41) is 0. The zero-order chi connectivity index (χ0) is 12.1. The van der Waals surface area contributed by atoms with E-state index in [0.717, 1.165) is 0 Å². The molecule has 0 radical (unpaired) electrons. The summed E-state index contributed by atoms with van der Waals surface area (Å²) in [5.41, 5.74) is 11.6. The van der Waals surface area contributed by atoms with Crippen molar-refractivity contribution in [3.8, 4) is 0 Å². The Labute approximate surface area is 94.2 Å². The van der Waals surface area contributed by atoms with Gasteiger partial charge in [0.15, 0.2) is 5.82 Å². The second kappa shape index (κ2) is 5.32. The third-order valence-corrected chi connectivity index (χ3v) is 2.15. The quantitative estimate of drug-likeness (QED) is 0.725. The predicted molar refractivity (Wildman–Crippen MR) is 62.3 cm³/mol.